The lowest BCUT2D eigenvalue weighted by molar-refractivity contribution is 0.102. The summed E-state index contributed by atoms with van der Waals surface area (Å²) < 4.78 is 49.1. The van der Waals surface area contributed by atoms with Gasteiger partial charge in [-0.25, -0.2) is 16.8 Å². The summed E-state index contributed by atoms with van der Waals surface area (Å²) in [5.74, 6) is -0.900. The molecular weight excluding hydrogens is 434 g/mol. The minimum Gasteiger partial charge on any atom is -0.322 e. The van der Waals surface area contributed by atoms with E-state index in [1.54, 1.807) is 12.1 Å². The molecule has 0 aliphatic carbocycles. The lowest BCUT2D eigenvalue weighted by Crippen LogP contribution is -2.23. The molecule has 2 aromatic carbocycles. The van der Waals surface area contributed by atoms with Gasteiger partial charge in [0.2, 0.25) is 0 Å². The summed E-state index contributed by atoms with van der Waals surface area (Å²) in [6, 6.07) is 11.2. The Morgan fingerprint density at radius 2 is 1.86 bits per heavy atom. The van der Waals surface area contributed by atoms with Crippen LogP contribution in [-0.4, -0.2) is 39.5 Å². The highest BCUT2D eigenvalue weighted by atomic mass is 35.5. The smallest absolute Gasteiger partial charge is 0.257 e. The molecule has 6 nitrogen and oxygen atoms in total. The van der Waals surface area contributed by atoms with Crippen LogP contribution in [0.15, 0.2) is 47.4 Å². The van der Waals surface area contributed by atoms with Gasteiger partial charge in [0.15, 0.2) is 19.7 Å². The zero-order valence-electron chi connectivity index (χ0n) is 16.1. The maximum absolute atomic E-state index is 12.9. The van der Waals surface area contributed by atoms with E-state index in [0.717, 1.165) is 5.56 Å². The second-order valence-corrected chi connectivity index (χ2v) is 12.3. The van der Waals surface area contributed by atoms with Gasteiger partial charge in [-0.2, -0.15) is 0 Å². The first kappa shape index (κ1) is 21.8. The van der Waals surface area contributed by atoms with Crippen LogP contribution in [0.25, 0.3) is 0 Å². The summed E-state index contributed by atoms with van der Waals surface area (Å²) in [6.07, 6.45) is 0.0522. The molecule has 1 unspecified atom stereocenters. The molecule has 0 saturated carbocycles. The Morgan fingerprint density at radius 1 is 1.17 bits per heavy atom. The zero-order chi connectivity index (χ0) is 21.4. The Labute approximate surface area is 176 Å². The highest BCUT2D eigenvalue weighted by molar-refractivity contribution is 7.96. The van der Waals surface area contributed by atoms with Crippen LogP contribution in [0, 0.1) is 0 Å². The topological polar surface area (TPSA) is 97.4 Å². The summed E-state index contributed by atoms with van der Waals surface area (Å²) in [6.45, 7) is 4.00. The number of nitrogens with one attached hydrogen (secondary N) is 1. The number of hydrogen-bond donors (Lipinski definition) is 1. The zero-order valence-corrected chi connectivity index (χ0v) is 18.4. The second-order valence-electron chi connectivity index (χ2n) is 7.41. The van der Waals surface area contributed by atoms with Crippen LogP contribution < -0.4 is 5.32 Å². The van der Waals surface area contributed by atoms with Crippen LogP contribution >= 0.6 is 11.6 Å². The van der Waals surface area contributed by atoms with Crippen molar-refractivity contribution in [2.24, 2.45) is 0 Å². The van der Waals surface area contributed by atoms with E-state index in [1.807, 2.05) is 26.0 Å². The summed E-state index contributed by atoms with van der Waals surface area (Å²) >= 11 is 6.16. The van der Waals surface area contributed by atoms with Gasteiger partial charge >= 0.3 is 0 Å². The first-order valence-electron chi connectivity index (χ1n) is 9.15. The summed E-state index contributed by atoms with van der Waals surface area (Å²) in [5, 5.41) is 1.90. The molecule has 0 radical (unpaired) electrons. The number of sulfone groups is 2. The minimum atomic E-state index is -3.89. The first-order valence-corrected chi connectivity index (χ1v) is 12.9. The molecule has 0 spiro atoms. The number of carbonyl (C=O) groups is 1. The molecule has 3 rings (SSSR count). The number of benzene rings is 2. The van der Waals surface area contributed by atoms with E-state index in [0.29, 0.717) is 5.69 Å². The Kier molecular flexibility index (Phi) is 6.08. The number of para-hydroxylation sites is 1. The van der Waals surface area contributed by atoms with E-state index < -0.39 is 36.6 Å². The molecule has 156 valence electrons. The summed E-state index contributed by atoms with van der Waals surface area (Å²) in [4.78, 5) is 12.7. The third kappa shape index (κ3) is 4.65. The van der Waals surface area contributed by atoms with Gasteiger partial charge in [-0.05, 0) is 42.2 Å². The van der Waals surface area contributed by atoms with Gasteiger partial charge in [-0.15, -0.1) is 0 Å². The molecule has 1 saturated heterocycles. The van der Waals surface area contributed by atoms with Gasteiger partial charge in [-0.3, -0.25) is 4.79 Å². The van der Waals surface area contributed by atoms with Crippen molar-refractivity contribution in [2.75, 3.05) is 16.8 Å². The van der Waals surface area contributed by atoms with Crippen LogP contribution in [0.3, 0.4) is 0 Å². The summed E-state index contributed by atoms with van der Waals surface area (Å²) in [5.41, 5.74) is 1.59. The maximum Gasteiger partial charge on any atom is 0.257 e. The summed E-state index contributed by atoms with van der Waals surface area (Å²) in [7, 11) is -7.25. The van der Waals surface area contributed by atoms with E-state index in [-0.39, 0.29) is 33.6 Å². The molecule has 1 aliphatic rings. The van der Waals surface area contributed by atoms with Crippen molar-refractivity contribution < 1.29 is 21.6 Å². The van der Waals surface area contributed by atoms with Crippen LogP contribution in [0.5, 0.6) is 0 Å². The molecule has 29 heavy (non-hydrogen) atoms. The van der Waals surface area contributed by atoms with Crippen molar-refractivity contribution in [3.05, 3.63) is 58.6 Å². The van der Waals surface area contributed by atoms with Gasteiger partial charge in [0.25, 0.3) is 5.91 Å². The molecule has 1 aliphatic heterocycles. The SMILES string of the molecule is CC(C)c1ccccc1NC(=O)c1cc(S(=O)(=O)C2CCS(=O)(=O)C2)ccc1Cl. The molecule has 1 fully saturated rings. The number of rotatable bonds is 5. The molecule has 9 heteroatoms. The van der Waals surface area contributed by atoms with Crippen molar-refractivity contribution in [3.63, 3.8) is 0 Å². The standard InChI is InChI=1S/C20H22ClNO5S2/c1-13(2)16-5-3-4-6-19(16)22-20(23)17-11-14(7-8-18(17)21)29(26,27)15-9-10-28(24,25)12-15/h3-8,11,13,15H,9-10,12H2,1-2H3,(H,22,23). The van der Waals surface area contributed by atoms with Gasteiger partial charge in [-0.1, -0.05) is 43.6 Å². The average molecular weight is 456 g/mol. The Hall–Kier alpha value is -1.90. The molecule has 0 bridgehead atoms. The fraction of sp³-hybridized carbons (Fsp3) is 0.350. The monoisotopic (exact) mass is 455 g/mol. The van der Waals surface area contributed by atoms with Gasteiger partial charge < -0.3 is 5.32 Å². The molecule has 1 amide bonds. The Bertz CT molecular complexity index is 1160. The van der Waals surface area contributed by atoms with Crippen LogP contribution in [0.4, 0.5) is 5.69 Å². The number of halogens is 1. The largest absolute Gasteiger partial charge is 0.322 e. The normalized spacial score (nSPS) is 18.7. The van der Waals surface area contributed by atoms with Gasteiger partial charge in [0.05, 0.1) is 32.2 Å². The second kappa shape index (κ2) is 8.08. The predicted octanol–water partition coefficient (Wildman–Crippen LogP) is 3.68. The molecule has 1 N–H and O–H groups in total. The third-order valence-electron chi connectivity index (χ3n) is 4.97. The lowest BCUT2D eigenvalue weighted by atomic mass is 10.0. The maximum atomic E-state index is 12.9. The van der Waals surface area contributed by atoms with E-state index in [2.05, 4.69) is 5.32 Å². The van der Waals surface area contributed by atoms with Crippen molar-refractivity contribution >= 4 is 42.9 Å². The molecule has 1 heterocycles. The van der Waals surface area contributed by atoms with Gasteiger partial charge in [0, 0.05) is 5.69 Å². The van der Waals surface area contributed by atoms with Crippen molar-refractivity contribution in [3.8, 4) is 0 Å². The van der Waals surface area contributed by atoms with E-state index in [9.17, 15) is 21.6 Å². The Balaban J connectivity index is 1.93. The van der Waals surface area contributed by atoms with E-state index in [1.165, 1.54) is 18.2 Å². The highest BCUT2D eigenvalue weighted by Crippen LogP contribution is 2.29. The number of carbonyl (C=O) groups excluding carboxylic acids is 1. The lowest BCUT2D eigenvalue weighted by Gasteiger charge is -2.15. The quantitative estimate of drug-likeness (QED) is 0.741. The third-order valence-corrected chi connectivity index (χ3v) is 9.47. The Morgan fingerprint density at radius 3 is 2.48 bits per heavy atom. The minimum absolute atomic E-state index is 0.0205. The van der Waals surface area contributed by atoms with Crippen molar-refractivity contribution in [1.82, 2.24) is 0 Å². The number of amides is 1. The number of hydrogen-bond acceptors (Lipinski definition) is 5. The van der Waals surface area contributed by atoms with Crippen molar-refractivity contribution in [1.29, 1.82) is 0 Å². The van der Waals surface area contributed by atoms with Crippen LogP contribution in [0.1, 0.15) is 42.1 Å². The fourth-order valence-corrected chi connectivity index (χ4v) is 7.94. The average Bonchev–Trinajstić information content (AvgIpc) is 3.02. The molecule has 2 aromatic rings. The predicted molar refractivity (Wildman–Crippen MR) is 114 cm³/mol. The van der Waals surface area contributed by atoms with E-state index >= 15 is 0 Å². The first-order chi connectivity index (χ1) is 13.5. The molecular formula is C20H22ClNO5S2. The van der Waals surface area contributed by atoms with Crippen LogP contribution in [-0.2, 0) is 19.7 Å². The number of anilines is 1. The molecule has 1 atom stereocenters. The van der Waals surface area contributed by atoms with Crippen molar-refractivity contribution in [2.45, 2.75) is 36.3 Å². The molecule has 0 aromatic heterocycles. The van der Waals surface area contributed by atoms with Crippen LogP contribution in [0.2, 0.25) is 5.02 Å². The highest BCUT2D eigenvalue weighted by Gasteiger charge is 2.38. The van der Waals surface area contributed by atoms with Gasteiger partial charge in [0.1, 0.15) is 0 Å². The fourth-order valence-electron chi connectivity index (χ4n) is 3.36. The van der Waals surface area contributed by atoms with E-state index in [4.69, 9.17) is 11.6 Å².